The minimum atomic E-state index is -5.56. The number of hydrogen-bond acceptors (Lipinski definition) is 4. The number of piperidine rings is 1. The molecule has 1 atom stereocenters. The zero-order valence-corrected chi connectivity index (χ0v) is 11.2. The normalized spacial score (nSPS) is 36.5. The lowest BCUT2D eigenvalue weighted by molar-refractivity contribution is 0.352. The Morgan fingerprint density at radius 3 is 1.76 bits per heavy atom. The van der Waals surface area contributed by atoms with Crippen molar-refractivity contribution < 1.29 is 21.0 Å². The van der Waals surface area contributed by atoms with E-state index in [1.807, 2.05) is 4.52 Å². The fraction of sp³-hybridized carbons (Fsp3) is 1.00. The molecule has 1 unspecified atom stereocenters. The molecule has 100 valence electrons. The maximum Gasteiger partial charge on any atom is 0.424 e. The van der Waals surface area contributed by atoms with Gasteiger partial charge in [-0.2, -0.15) is 4.20 Å². The van der Waals surface area contributed by atoms with E-state index in [-0.39, 0.29) is 13.1 Å². The highest BCUT2D eigenvalue weighted by Gasteiger charge is 2.42. The predicted octanol–water partition coefficient (Wildman–Crippen LogP) is 6.17. The molecule has 12 heteroatoms. The molecule has 0 aromatic rings. The van der Waals surface area contributed by atoms with Crippen LogP contribution in [0.1, 0.15) is 19.3 Å². The van der Waals surface area contributed by atoms with Gasteiger partial charge in [0.25, 0.3) is 0 Å². The lowest BCUT2D eigenvalue weighted by Crippen LogP contribution is -2.25. The minimum Gasteiger partial charge on any atom is -0.226 e. The summed E-state index contributed by atoms with van der Waals surface area (Å²) in [6, 6.07) is 0. The fourth-order valence-electron chi connectivity index (χ4n) is 1.70. The molecule has 0 N–H and O–H groups in total. The Kier molecular flexibility index (Phi) is 3.59. The van der Waals surface area contributed by atoms with Crippen LogP contribution in [0.2, 0.25) is 0 Å². The first-order valence-electron chi connectivity index (χ1n) is 4.88. The van der Waals surface area contributed by atoms with Gasteiger partial charge in [-0.1, -0.05) is 6.42 Å². The highest BCUT2D eigenvalue weighted by molar-refractivity contribution is 7.78. The Balaban J connectivity index is 2.47. The molecule has 0 aromatic carbocycles. The summed E-state index contributed by atoms with van der Waals surface area (Å²) in [5, 5.41) is 0. The van der Waals surface area contributed by atoms with E-state index in [1.54, 1.807) is 0 Å². The molecule has 0 aliphatic carbocycles. The molecule has 0 aromatic heterocycles. The van der Waals surface area contributed by atoms with Crippen LogP contribution in [0.5, 0.6) is 0 Å². The Bertz CT molecular complexity index is 464. The van der Waals surface area contributed by atoms with E-state index in [9.17, 15) is 21.0 Å². The summed E-state index contributed by atoms with van der Waals surface area (Å²) in [4.78, 5) is 0. The summed E-state index contributed by atoms with van der Waals surface area (Å²) < 4.78 is 74.3. The molecule has 0 spiro atoms. The monoisotopic (exact) mass is 314 g/mol. The SMILES string of the molecule is FP1(F)=NP(F)(F)=NP(F)(N2CCCCC2)=N1. The second-order valence-electron chi connectivity index (χ2n) is 3.69. The summed E-state index contributed by atoms with van der Waals surface area (Å²) in [7, 11) is -15.7. The molecule has 0 radical (unpaired) electrons. The average Bonchev–Trinajstić information content (AvgIpc) is 2.13. The molecule has 0 saturated carbocycles. The van der Waals surface area contributed by atoms with Crippen molar-refractivity contribution in [1.29, 1.82) is 0 Å². The minimum absolute atomic E-state index is 0.150. The topological polar surface area (TPSA) is 40.3 Å². The van der Waals surface area contributed by atoms with Gasteiger partial charge in [-0.05, 0) is 12.8 Å². The van der Waals surface area contributed by atoms with Gasteiger partial charge in [0.15, 0.2) is 0 Å². The molecule has 17 heavy (non-hydrogen) atoms. The Morgan fingerprint density at radius 2 is 1.24 bits per heavy atom. The molecule has 1 fully saturated rings. The molecule has 0 amide bonds. The zero-order valence-electron chi connectivity index (χ0n) is 8.56. The van der Waals surface area contributed by atoms with Gasteiger partial charge in [-0.3, -0.25) is 0 Å². The molecule has 1 saturated heterocycles. The van der Waals surface area contributed by atoms with Crippen molar-refractivity contribution in [3.63, 3.8) is 0 Å². The molecule has 4 nitrogen and oxygen atoms in total. The van der Waals surface area contributed by atoms with Gasteiger partial charge in [0, 0.05) is 13.1 Å². The number of nitrogens with zero attached hydrogens (tertiary/aromatic N) is 4. The quantitative estimate of drug-likeness (QED) is 0.421. The Hall–Kier alpha value is 0.300. The van der Waals surface area contributed by atoms with Crippen molar-refractivity contribution in [2.75, 3.05) is 13.1 Å². The van der Waals surface area contributed by atoms with Crippen molar-refractivity contribution >= 4 is 23.3 Å². The third-order valence-electron chi connectivity index (χ3n) is 2.35. The van der Waals surface area contributed by atoms with Crippen LogP contribution in [0.4, 0.5) is 21.0 Å². The van der Waals surface area contributed by atoms with Crippen LogP contribution in [0, 0.1) is 0 Å². The summed E-state index contributed by atoms with van der Waals surface area (Å²) in [5.74, 6) is 0. The summed E-state index contributed by atoms with van der Waals surface area (Å²) >= 11 is 0. The Labute approximate surface area is 95.6 Å². The van der Waals surface area contributed by atoms with E-state index < -0.39 is 23.3 Å². The lowest BCUT2D eigenvalue weighted by atomic mass is 10.2. The third-order valence-corrected chi connectivity index (χ3v) is 8.73. The van der Waals surface area contributed by atoms with Crippen LogP contribution in [0.15, 0.2) is 13.5 Å². The molecule has 2 aliphatic rings. The van der Waals surface area contributed by atoms with E-state index in [0.29, 0.717) is 12.8 Å². The van der Waals surface area contributed by atoms with E-state index in [2.05, 4.69) is 9.03 Å². The van der Waals surface area contributed by atoms with Gasteiger partial charge in [0.2, 0.25) is 0 Å². The van der Waals surface area contributed by atoms with E-state index >= 15 is 0 Å². The largest absolute Gasteiger partial charge is 0.424 e. The van der Waals surface area contributed by atoms with Gasteiger partial charge in [0.1, 0.15) is 0 Å². The van der Waals surface area contributed by atoms with E-state index in [1.165, 1.54) is 0 Å². The maximum absolute atomic E-state index is 14.2. The Morgan fingerprint density at radius 1 is 0.706 bits per heavy atom. The zero-order chi connectivity index (χ0) is 12.7. The van der Waals surface area contributed by atoms with Crippen molar-refractivity contribution in [2.45, 2.75) is 19.3 Å². The van der Waals surface area contributed by atoms with Crippen LogP contribution >= 0.6 is 23.3 Å². The molecular weight excluding hydrogens is 304 g/mol. The van der Waals surface area contributed by atoms with Crippen LogP contribution in [0.25, 0.3) is 0 Å². The molecular formula is C5H10F5N4P3. The molecule has 2 heterocycles. The van der Waals surface area contributed by atoms with Crippen LogP contribution < -0.4 is 0 Å². The summed E-state index contributed by atoms with van der Waals surface area (Å²) in [5.41, 5.74) is 0. The fourth-order valence-corrected chi connectivity index (χ4v) is 8.02. The van der Waals surface area contributed by atoms with Crippen LogP contribution in [-0.2, 0) is 0 Å². The number of rotatable bonds is 1. The number of hydrogen-bond donors (Lipinski definition) is 0. The highest BCUT2D eigenvalue weighted by atomic mass is 31.3. The standard InChI is InChI=1S/C5H10F5N4P3/c6-15(7)11-16(8,9)13-17(10,12-15)14-4-2-1-3-5-14/h1-5H2. The first-order chi connectivity index (χ1) is 7.73. The van der Waals surface area contributed by atoms with E-state index in [0.717, 1.165) is 11.1 Å². The predicted molar refractivity (Wildman–Crippen MR) is 59.0 cm³/mol. The molecule has 0 bridgehead atoms. The molecule has 2 aliphatic heterocycles. The smallest absolute Gasteiger partial charge is 0.226 e. The van der Waals surface area contributed by atoms with Gasteiger partial charge in [-0.25, -0.2) is 4.67 Å². The van der Waals surface area contributed by atoms with Gasteiger partial charge >= 0.3 is 23.3 Å². The van der Waals surface area contributed by atoms with Gasteiger partial charge < -0.3 is 0 Å². The van der Waals surface area contributed by atoms with Crippen molar-refractivity contribution in [3.05, 3.63) is 0 Å². The van der Waals surface area contributed by atoms with Crippen LogP contribution in [0.3, 0.4) is 0 Å². The lowest BCUT2D eigenvalue weighted by Gasteiger charge is -2.31. The summed E-state index contributed by atoms with van der Waals surface area (Å²) in [6.45, 7) is 0.300. The van der Waals surface area contributed by atoms with Crippen molar-refractivity contribution in [1.82, 2.24) is 4.67 Å². The maximum atomic E-state index is 14.2. The second-order valence-corrected chi connectivity index (χ2v) is 9.21. The van der Waals surface area contributed by atoms with Crippen molar-refractivity contribution in [2.24, 2.45) is 13.5 Å². The average molecular weight is 314 g/mol. The second kappa shape index (κ2) is 4.44. The summed E-state index contributed by atoms with van der Waals surface area (Å²) in [6.07, 6.45) is 2.00. The third kappa shape index (κ3) is 3.19. The van der Waals surface area contributed by atoms with Gasteiger partial charge in [0.05, 0.1) is 0 Å². The van der Waals surface area contributed by atoms with E-state index in [4.69, 9.17) is 0 Å². The first kappa shape index (κ1) is 13.7. The van der Waals surface area contributed by atoms with Crippen molar-refractivity contribution in [3.8, 4) is 0 Å². The molecule has 2 rings (SSSR count). The number of halogens is 5. The highest BCUT2D eigenvalue weighted by Crippen LogP contribution is 2.82. The van der Waals surface area contributed by atoms with Crippen LogP contribution in [-0.4, -0.2) is 17.8 Å². The van der Waals surface area contributed by atoms with Gasteiger partial charge in [-0.15, -0.1) is 30.3 Å². The first-order valence-corrected chi connectivity index (χ1v) is 9.37.